The maximum absolute atomic E-state index is 12.3. The van der Waals surface area contributed by atoms with E-state index in [0.717, 1.165) is 22.8 Å². The number of aromatic nitrogens is 1. The van der Waals surface area contributed by atoms with Gasteiger partial charge in [0, 0.05) is 22.8 Å². The van der Waals surface area contributed by atoms with Gasteiger partial charge < -0.3 is 14.6 Å². The maximum Gasteiger partial charge on any atom is 0.339 e. The third kappa shape index (κ3) is 5.94. The highest BCUT2D eigenvalue weighted by Gasteiger charge is 2.15. The predicted octanol–water partition coefficient (Wildman–Crippen LogP) is 3.35. The number of nitrogens with one attached hydrogen (secondary N) is 1. The number of nitrogens with zero attached hydrogens (tertiary/aromatic N) is 1. The molecule has 2 rings (SSSR count). The van der Waals surface area contributed by atoms with Gasteiger partial charge in [-0.2, -0.15) is 0 Å². The molecule has 25 heavy (non-hydrogen) atoms. The minimum atomic E-state index is -0.515. The minimum Gasteiger partial charge on any atom is -0.452 e. The molecule has 6 nitrogen and oxygen atoms in total. The van der Waals surface area contributed by atoms with E-state index in [2.05, 4.69) is 10.5 Å². The highest BCUT2D eigenvalue weighted by atomic mass is 32.2. The number of aryl methyl sites for hydroxylation is 1. The predicted molar refractivity (Wildman–Crippen MR) is 95.4 cm³/mol. The van der Waals surface area contributed by atoms with E-state index in [1.165, 1.54) is 11.8 Å². The van der Waals surface area contributed by atoms with Gasteiger partial charge in [-0.1, -0.05) is 24.2 Å². The van der Waals surface area contributed by atoms with Gasteiger partial charge in [0.15, 0.2) is 6.61 Å². The van der Waals surface area contributed by atoms with Gasteiger partial charge in [0.25, 0.3) is 5.91 Å². The minimum absolute atomic E-state index is 0.0555. The molecule has 0 aliphatic rings. The van der Waals surface area contributed by atoms with Gasteiger partial charge in [0.2, 0.25) is 0 Å². The lowest BCUT2D eigenvalue weighted by Crippen LogP contribution is -2.35. The molecular weight excluding hydrogens is 340 g/mol. The van der Waals surface area contributed by atoms with Gasteiger partial charge in [0.05, 0.1) is 11.3 Å². The molecule has 1 aromatic carbocycles. The maximum atomic E-state index is 12.3. The Labute approximate surface area is 151 Å². The molecule has 0 bridgehead atoms. The van der Waals surface area contributed by atoms with E-state index in [-0.39, 0.29) is 18.6 Å². The van der Waals surface area contributed by atoms with Crippen LogP contribution in [0.25, 0.3) is 0 Å². The van der Waals surface area contributed by atoms with E-state index in [1.54, 1.807) is 12.1 Å². The molecule has 134 valence electrons. The summed E-state index contributed by atoms with van der Waals surface area (Å²) in [5.74, 6) is 0.510. The summed E-state index contributed by atoms with van der Waals surface area (Å²) in [6.07, 6.45) is 0.820. The molecule has 0 saturated heterocycles. The normalized spacial score (nSPS) is 11.8. The lowest BCUT2D eigenvalue weighted by Gasteiger charge is -2.12. The van der Waals surface area contributed by atoms with Crippen molar-refractivity contribution in [3.63, 3.8) is 0 Å². The van der Waals surface area contributed by atoms with Crippen molar-refractivity contribution in [2.45, 2.75) is 43.9 Å². The van der Waals surface area contributed by atoms with Crippen LogP contribution in [0.15, 0.2) is 39.8 Å². The first-order chi connectivity index (χ1) is 12.0. The number of thioether (sulfide) groups is 1. The molecule has 2 aromatic rings. The molecule has 0 spiro atoms. The van der Waals surface area contributed by atoms with Crippen LogP contribution in [0.2, 0.25) is 0 Å². The van der Waals surface area contributed by atoms with E-state index >= 15 is 0 Å². The van der Waals surface area contributed by atoms with Crippen molar-refractivity contribution < 1.29 is 18.8 Å². The standard InChI is InChI=1S/C18H22N2O4S/c1-4-12(2)19-17(21)10-23-18(22)15-7-5-6-8-16(15)25-11-14-9-13(3)24-20-14/h5-9,12H,4,10-11H2,1-3H3,(H,19,21)/t12-/m0/s1. The van der Waals surface area contributed by atoms with Gasteiger partial charge in [-0.3, -0.25) is 4.79 Å². The molecule has 0 saturated carbocycles. The van der Waals surface area contributed by atoms with Gasteiger partial charge >= 0.3 is 5.97 Å². The second kappa shape index (κ2) is 9.27. The summed E-state index contributed by atoms with van der Waals surface area (Å²) >= 11 is 1.47. The van der Waals surface area contributed by atoms with E-state index in [9.17, 15) is 9.59 Å². The highest BCUT2D eigenvalue weighted by Crippen LogP contribution is 2.26. The lowest BCUT2D eigenvalue weighted by atomic mass is 10.2. The third-order valence-electron chi connectivity index (χ3n) is 3.51. The van der Waals surface area contributed by atoms with Crippen molar-refractivity contribution in [3.05, 3.63) is 47.3 Å². The van der Waals surface area contributed by atoms with E-state index in [1.807, 2.05) is 39.0 Å². The summed E-state index contributed by atoms with van der Waals surface area (Å²) in [7, 11) is 0. The fourth-order valence-corrected chi connectivity index (χ4v) is 2.95. The van der Waals surface area contributed by atoms with Gasteiger partial charge in [-0.15, -0.1) is 11.8 Å². The number of amides is 1. The van der Waals surface area contributed by atoms with Crippen LogP contribution < -0.4 is 5.32 Å². The van der Waals surface area contributed by atoms with Gasteiger partial charge in [-0.05, 0) is 32.4 Å². The van der Waals surface area contributed by atoms with Crippen LogP contribution >= 0.6 is 11.8 Å². The highest BCUT2D eigenvalue weighted by molar-refractivity contribution is 7.98. The second-order valence-electron chi connectivity index (χ2n) is 5.67. The van der Waals surface area contributed by atoms with Crippen LogP contribution in [0.5, 0.6) is 0 Å². The SMILES string of the molecule is CC[C@H](C)NC(=O)COC(=O)c1ccccc1SCc1cc(C)on1. The van der Waals surface area contributed by atoms with E-state index in [4.69, 9.17) is 9.26 Å². The van der Waals surface area contributed by atoms with Gasteiger partial charge in [-0.25, -0.2) is 4.79 Å². The number of carbonyl (C=O) groups is 2. The Balaban J connectivity index is 1.94. The summed E-state index contributed by atoms with van der Waals surface area (Å²) in [4.78, 5) is 24.8. The van der Waals surface area contributed by atoms with Crippen molar-refractivity contribution in [1.29, 1.82) is 0 Å². The van der Waals surface area contributed by atoms with Crippen molar-refractivity contribution in [2.24, 2.45) is 0 Å². The monoisotopic (exact) mass is 362 g/mol. The Kier molecular flexibility index (Phi) is 7.06. The zero-order chi connectivity index (χ0) is 18.2. The van der Waals surface area contributed by atoms with E-state index in [0.29, 0.717) is 11.3 Å². The zero-order valence-corrected chi connectivity index (χ0v) is 15.4. The summed E-state index contributed by atoms with van der Waals surface area (Å²) in [6.45, 7) is 5.42. The number of hydrogen-bond donors (Lipinski definition) is 1. The first-order valence-electron chi connectivity index (χ1n) is 8.10. The Morgan fingerprint density at radius 3 is 2.80 bits per heavy atom. The average molecular weight is 362 g/mol. The van der Waals surface area contributed by atoms with Crippen molar-refractivity contribution in [1.82, 2.24) is 10.5 Å². The van der Waals surface area contributed by atoms with E-state index < -0.39 is 5.97 Å². The number of benzene rings is 1. The van der Waals surface area contributed by atoms with Crippen LogP contribution in [0.4, 0.5) is 0 Å². The van der Waals surface area contributed by atoms with Crippen LogP contribution in [0.3, 0.4) is 0 Å². The number of carbonyl (C=O) groups excluding carboxylic acids is 2. The molecule has 0 radical (unpaired) electrons. The zero-order valence-electron chi connectivity index (χ0n) is 14.6. The Morgan fingerprint density at radius 2 is 2.12 bits per heavy atom. The number of esters is 1. The first-order valence-corrected chi connectivity index (χ1v) is 9.08. The Hall–Kier alpha value is -2.28. The summed E-state index contributed by atoms with van der Waals surface area (Å²) in [5.41, 5.74) is 1.24. The molecule has 1 amide bonds. The Bertz CT molecular complexity index is 729. The van der Waals surface area contributed by atoms with Crippen molar-refractivity contribution >= 4 is 23.6 Å². The molecule has 0 aliphatic heterocycles. The smallest absolute Gasteiger partial charge is 0.339 e. The first kappa shape index (κ1) is 19.1. The van der Waals surface area contributed by atoms with Crippen LogP contribution in [-0.4, -0.2) is 29.7 Å². The summed E-state index contributed by atoms with van der Waals surface area (Å²) in [5, 5.41) is 6.70. The molecule has 0 unspecified atom stereocenters. The molecule has 1 aromatic heterocycles. The molecule has 7 heteroatoms. The van der Waals surface area contributed by atoms with Crippen LogP contribution in [-0.2, 0) is 15.3 Å². The number of hydrogen-bond acceptors (Lipinski definition) is 6. The molecule has 0 aliphatic carbocycles. The fourth-order valence-electron chi connectivity index (χ4n) is 2.03. The van der Waals surface area contributed by atoms with Crippen molar-refractivity contribution in [2.75, 3.05) is 6.61 Å². The number of ether oxygens (including phenoxy) is 1. The molecule has 1 N–H and O–H groups in total. The largest absolute Gasteiger partial charge is 0.452 e. The summed E-state index contributed by atoms with van der Waals surface area (Å²) < 4.78 is 10.2. The third-order valence-corrected chi connectivity index (χ3v) is 4.62. The molecular formula is C18H22N2O4S. The number of rotatable bonds is 8. The topological polar surface area (TPSA) is 81.4 Å². The van der Waals surface area contributed by atoms with Crippen molar-refractivity contribution in [3.8, 4) is 0 Å². The van der Waals surface area contributed by atoms with Crippen LogP contribution in [0.1, 0.15) is 42.1 Å². The fraction of sp³-hybridized carbons (Fsp3) is 0.389. The lowest BCUT2D eigenvalue weighted by molar-refractivity contribution is -0.124. The second-order valence-corrected chi connectivity index (χ2v) is 6.68. The Morgan fingerprint density at radius 1 is 1.36 bits per heavy atom. The molecule has 0 fully saturated rings. The van der Waals surface area contributed by atoms with Gasteiger partial charge in [0.1, 0.15) is 5.76 Å². The molecule has 1 heterocycles. The average Bonchev–Trinajstić information content (AvgIpc) is 3.03. The quantitative estimate of drug-likeness (QED) is 0.573. The summed E-state index contributed by atoms with van der Waals surface area (Å²) in [6, 6.07) is 9.05. The van der Waals surface area contributed by atoms with Crippen LogP contribution in [0, 0.1) is 6.92 Å². The molecule has 1 atom stereocenters.